The number of nitrogens with one attached hydrogen (secondary N) is 1. The molecule has 3 N–H and O–H groups in total. The Morgan fingerprint density at radius 2 is 2.03 bits per heavy atom. The number of primary amides is 1. The zero-order valence-corrected chi connectivity index (χ0v) is 17.5. The average Bonchev–Trinajstić information content (AvgIpc) is 3.24. The minimum atomic E-state index is -0.462. The quantitative estimate of drug-likeness (QED) is 0.615. The summed E-state index contributed by atoms with van der Waals surface area (Å²) in [5.41, 5.74) is 9.03. The molecule has 0 bridgehead atoms. The number of para-hydroxylation sites is 2. The van der Waals surface area contributed by atoms with E-state index >= 15 is 0 Å². The molecule has 0 saturated heterocycles. The summed E-state index contributed by atoms with van der Waals surface area (Å²) in [7, 11) is 0. The maximum absolute atomic E-state index is 12.9. The lowest BCUT2D eigenvalue weighted by atomic mass is 9.95. The van der Waals surface area contributed by atoms with Crippen LogP contribution >= 0.6 is 11.3 Å². The lowest BCUT2D eigenvalue weighted by Crippen LogP contribution is -2.22. The maximum atomic E-state index is 12.9. The van der Waals surface area contributed by atoms with Crippen molar-refractivity contribution in [2.45, 2.75) is 58.4 Å². The Labute approximate surface area is 174 Å². The van der Waals surface area contributed by atoms with Gasteiger partial charge in [0.15, 0.2) is 0 Å². The fourth-order valence-corrected chi connectivity index (χ4v) is 5.36. The van der Waals surface area contributed by atoms with Gasteiger partial charge in [-0.05, 0) is 49.8 Å². The van der Waals surface area contributed by atoms with Crippen LogP contribution in [-0.4, -0.2) is 21.4 Å². The van der Waals surface area contributed by atoms with Gasteiger partial charge >= 0.3 is 0 Å². The molecule has 0 radical (unpaired) electrons. The van der Waals surface area contributed by atoms with E-state index in [1.165, 1.54) is 16.2 Å². The van der Waals surface area contributed by atoms with Crippen LogP contribution in [0.1, 0.15) is 59.2 Å². The molecule has 3 aromatic rings. The van der Waals surface area contributed by atoms with E-state index in [9.17, 15) is 9.59 Å². The third kappa shape index (κ3) is 3.92. The van der Waals surface area contributed by atoms with Crippen molar-refractivity contribution in [1.29, 1.82) is 0 Å². The summed E-state index contributed by atoms with van der Waals surface area (Å²) in [6, 6.07) is 7.88. The molecule has 0 spiro atoms. The van der Waals surface area contributed by atoms with Crippen LogP contribution in [0, 0.1) is 0 Å². The number of hydrogen-bond acceptors (Lipinski definition) is 4. The monoisotopic (exact) mass is 410 g/mol. The Balaban J connectivity index is 1.61. The van der Waals surface area contributed by atoms with Gasteiger partial charge in [0.05, 0.1) is 16.6 Å². The molecular weight excluding hydrogens is 384 g/mol. The van der Waals surface area contributed by atoms with Crippen molar-refractivity contribution < 1.29 is 9.59 Å². The molecule has 1 aliphatic carbocycles. The first-order valence-electron chi connectivity index (χ1n) is 10.3. The van der Waals surface area contributed by atoms with E-state index in [0.717, 1.165) is 67.4 Å². The van der Waals surface area contributed by atoms with Crippen LogP contribution in [0.25, 0.3) is 11.0 Å². The number of imidazole rings is 1. The topological polar surface area (TPSA) is 90.0 Å². The van der Waals surface area contributed by atoms with E-state index in [-0.39, 0.29) is 12.5 Å². The molecule has 7 heteroatoms. The molecule has 0 fully saturated rings. The molecule has 0 aliphatic heterocycles. The standard InChI is InChI=1S/C22H26N4O2S/c1-2-3-12-18-24-15-9-5-6-10-16(15)26(18)13-19(27)25-22-20(21(23)28)14-8-4-7-11-17(14)29-22/h5-6,9-10H,2-4,7-8,11-13H2,1H3,(H2,23,28)(H,25,27). The second-order valence-corrected chi connectivity index (χ2v) is 8.64. The summed E-state index contributed by atoms with van der Waals surface area (Å²) < 4.78 is 1.98. The van der Waals surface area contributed by atoms with E-state index in [0.29, 0.717) is 10.6 Å². The number of carbonyl (C=O) groups excluding carboxylic acids is 2. The minimum absolute atomic E-state index is 0.160. The number of aryl methyl sites for hydroxylation is 2. The Kier molecular flexibility index (Phi) is 5.67. The number of nitrogens with two attached hydrogens (primary N) is 1. The number of rotatable bonds is 7. The molecule has 1 aliphatic rings. The Bertz CT molecular complexity index is 1070. The van der Waals surface area contributed by atoms with E-state index in [1.807, 2.05) is 28.8 Å². The van der Waals surface area contributed by atoms with Crippen molar-refractivity contribution >= 4 is 39.2 Å². The SMILES string of the molecule is CCCCc1nc2ccccc2n1CC(=O)Nc1sc2c(c1C(N)=O)CCCC2. The number of unbranched alkanes of at least 4 members (excludes halogenated alkanes) is 1. The third-order valence-electron chi connectivity index (χ3n) is 5.46. The minimum Gasteiger partial charge on any atom is -0.365 e. The number of hydrogen-bond donors (Lipinski definition) is 2. The number of fused-ring (bicyclic) bond motifs is 2. The third-order valence-corrected chi connectivity index (χ3v) is 6.67. The molecule has 6 nitrogen and oxygen atoms in total. The van der Waals surface area contributed by atoms with Gasteiger partial charge in [0, 0.05) is 11.3 Å². The Morgan fingerprint density at radius 1 is 1.24 bits per heavy atom. The summed E-state index contributed by atoms with van der Waals surface area (Å²) in [6.07, 6.45) is 6.89. The average molecular weight is 411 g/mol. The Morgan fingerprint density at radius 3 is 2.83 bits per heavy atom. The van der Waals surface area contributed by atoms with Crippen LogP contribution in [0.4, 0.5) is 5.00 Å². The summed E-state index contributed by atoms with van der Waals surface area (Å²) in [6.45, 7) is 2.31. The van der Waals surface area contributed by atoms with Gasteiger partial charge in [0.25, 0.3) is 5.91 Å². The van der Waals surface area contributed by atoms with Crippen LogP contribution < -0.4 is 11.1 Å². The predicted molar refractivity (Wildman–Crippen MR) is 116 cm³/mol. The first-order valence-corrected chi connectivity index (χ1v) is 11.1. The van der Waals surface area contributed by atoms with Crippen molar-refractivity contribution in [2.24, 2.45) is 5.73 Å². The van der Waals surface area contributed by atoms with Crippen LogP contribution in [-0.2, 0) is 30.6 Å². The highest BCUT2D eigenvalue weighted by atomic mass is 32.1. The highest BCUT2D eigenvalue weighted by Gasteiger charge is 2.25. The van der Waals surface area contributed by atoms with Crippen molar-refractivity contribution in [2.75, 3.05) is 5.32 Å². The molecule has 1 aromatic carbocycles. The normalized spacial score (nSPS) is 13.4. The molecule has 152 valence electrons. The van der Waals surface area contributed by atoms with Gasteiger partial charge < -0.3 is 15.6 Å². The molecule has 2 aromatic heterocycles. The van der Waals surface area contributed by atoms with Crippen molar-refractivity contribution in [1.82, 2.24) is 9.55 Å². The summed E-state index contributed by atoms with van der Waals surface area (Å²) in [5.74, 6) is 0.298. The van der Waals surface area contributed by atoms with E-state index in [4.69, 9.17) is 10.7 Å². The van der Waals surface area contributed by atoms with Gasteiger partial charge in [0.2, 0.25) is 5.91 Å². The number of aromatic nitrogens is 2. The van der Waals surface area contributed by atoms with Crippen LogP contribution in [0.5, 0.6) is 0 Å². The molecule has 29 heavy (non-hydrogen) atoms. The fraction of sp³-hybridized carbons (Fsp3) is 0.409. The predicted octanol–water partition coefficient (Wildman–Crippen LogP) is 4.06. The van der Waals surface area contributed by atoms with Crippen molar-refractivity contribution in [3.63, 3.8) is 0 Å². The van der Waals surface area contributed by atoms with E-state index in [1.54, 1.807) is 0 Å². The lowest BCUT2D eigenvalue weighted by Gasteiger charge is -2.11. The van der Waals surface area contributed by atoms with Gasteiger partial charge in [0.1, 0.15) is 17.4 Å². The highest BCUT2D eigenvalue weighted by Crippen LogP contribution is 2.37. The highest BCUT2D eigenvalue weighted by molar-refractivity contribution is 7.17. The summed E-state index contributed by atoms with van der Waals surface area (Å²) >= 11 is 1.50. The number of benzene rings is 1. The molecule has 0 saturated carbocycles. The second-order valence-electron chi connectivity index (χ2n) is 7.53. The number of nitrogens with zero attached hydrogens (tertiary/aromatic N) is 2. The molecule has 0 unspecified atom stereocenters. The number of thiophene rings is 1. The molecule has 2 heterocycles. The summed E-state index contributed by atoms with van der Waals surface area (Å²) in [4.78, 5) is 30.9. The molecule has 4 rings (SSSR count). The van der Waals surface area contributed by atoms with Gasteiger partial charge in [-0.2, -0.15) is 0 Å². The summed E-state index contributed by atoms with van der Waals surface area (Å²) in [5, 5.41) is 3.56. The Hall–Kier alpha value is -2.67. The van der Waals surface area contributed by atoms with Crippen molar-refractivity contribution in [3.8, 4) is 0 Å². The number of amides is 2. The van der Waals surface area contributed by atoms with Crippen molar-refractivity contribution in [3.05, 3.63) is 46.1 Å². The second kappa shape index (κ2) is 8.37. The molecular formula is C22H26N4O2S. The largest absolute Gasteiger partial charge is 0.365 e. The van der Waals surface area contributed by atoms with Gasteiger partial charge in [-0.3, -0.25) is 9.59 Å². The van der Waals surface area contributed by atoms with Gasteiger partial charge in [-0.15, -0.1) is 11.3 Å². The van der Waals surface area contributed by atoms with Crippen LogP contribution in [0.2, 0.25) is 0 Å². The van der Waals surface area contributed by atoms with Crippen LogP contribution in [0.3, 0.4) is 0 Å². The zero-order valence-electron chi connectivity index (χ0n) is 16.7. The maximum Gasteiger partial charge on any atom is 0.251 e. The van der Waals surface area contributed by atoms with Gasteiger partial charge in [-0.25, -0.2) is 4.98 Å². The number of anilines is 1. The molecule has 0 atom stereocenters. The smallest absolute Gasteiger partial charge is 0.251 e. The zero-order chi connectivity index (χ0) is 20.4. The number of carbonyl (C=O) groups is 2. The lowest BCUT2D eigenvalue weighted by molar-refractivity contribution is -0.116. The fourth-order valence-electron chi connectivity index (χ4n) is 4.05. The van der Waals surface area contributed by atoms with E-state index < -0.39 is 5.91 Å². The van der Waals surface area contributed by atoms with E-state index in [2.05, 4.69) is 12.2 Å². The van der Waals surface area contributed by atoms with Crippen LogP contribution in [0.15, 0.2) is 24.3 Å². The van der Waals surface area contributed by atoms with Gasteiger partial charge in [-0.1, -0.05) is 25.5 Å². The molecule has 2 amide bonds. The first-order chi connectivity index (χ1) is 14.1. The first kappa shape index (κ1) is 19.6.